The van der Waals surface area contributed by atoms with Crippen molar-refractivity contribution in [2.45, 2.75) is 58.3 Å². The van der Waals surface area contributed by atoms with Crippen LogP contribution in [0.15, 0.2) is 18.2 Å². The summed E-state index contributed by atoms with van der Waals surface area (Å²) >= 11 is 0. The summed E-state index contributed by atoms with van der Waals surface area (Å²) < 4.78 is 51.0. The van der Waals surface area contributed by atoms with E-state index in [4.69, 9.17) is 9.47 Å². The van der Waals surface area contributed by atoms with E-state index in [2.05, 4.69) is 15.1 Å². The summed E-state index contributed by atoms with van der Waals surface area (Å²) in [5.74, 6) is -0.0336. The van der Waals surface area contributed by atoms with E-state index < -0.39 is 12.0 Å². The Morgan fingerprint density at radius 1 is 1.18 bits per heavy atom. The van der Waals surface area contributed by atoms with E-state index in [1.54, 1.807) is 34.1 Å². The van der Waals surface area contributed by atoms with Gasteiger partial charge in [-0.15, -0.1) is 5.10 Å². The molecule has 0 spiro atoms. The normalized spacial score (nSPS) is 13.9. The molecule has 0 atom stereocenters. The second-order valence-corrected chi connectivity index (χ2v) is 8.34. The predicted molar refractivity (Wildman–Crippen MR) is 117 cm³/mol. The standard InChI is InChI=1S/C23H26F3N5O3/c1-13-18(14(2)31-22(27-13)28-21(29-31)23(24,25)26)8-10-20(32)30(16-5-6-16)12-15-11-17(33-3)7-9-19(15)34-4/h7,9,11,16H,5-6,8,10,12H2,1-4H3. The van der Waals surface area contributed by atoms with Gasteiger partial charge in [0.15, 0.2) is 0 Å². The van der Waals surface area contributed by atoms with Gasteiger partial charge in [-0.05, 0) is 56.9 Å². The fourth-order valence-corrected chi connectivity index (χ4v) is 4.06. The number of carbonyl (C=O) groups excluding carboxylic acids is 1. The highest BCUT2D eigenvalue weighted by molar-refractivity contribution is 5.77. The fraction of sp³-hybridized carbons (Fsp3) is 0.478. The molecule has 0 saturated heterocycles. The molecule has 4 rings (SSSR count). The van der Waals surface area contributed by atoms with E-state index in [0.717, 1.165) is 22.9 Å². The molecule has 0 unspecified atom stereocenters. The van der Waals surface area contributed by atoms with Crippen LogP contribution >= 0.6 is 0 Å². The van der Waals surface area contributed by atoms with E-state index >= 15 is 0 Å². The Hall–Kier alpha value is -3.37. The molecule has 1 saturated carbocycles. The van der Waals surface area contributed by atoms with Crippen LogP contribution in [0.5, 0.6) is 11.5 Å². The number of aryl methyl sites for hydroxylation is 2. The summed E-state index contributed by atoms with van der Waals surface area (Å²) in [5, 5.41) is 3.57. The first kappa shape index (κ1) is 23.8. The third kappa shape index (κ3) is 4.78. The molecular weight excluding hydrogens is 451 g/mol. The lowest BCUT2D eigenvalue weighted by Crippen LogP contribution is -2.33. The summed E-state index contributed by atoms with van der Waals surface area (Å²) in [7, 11) is 3.16. The second kappa shape index (κ2) is 9.11. The molecule has 0 N–H and O–H groups in total. The quantitative estimate of drug-likeness (QED) is 0.490. The number of methoxy groups -OCH3 is 2. The summed E-state index contributed by atoms with van der Waals surface area (Å²) in [6, 6.07) is 5.63. The summed E-state index contributed by atoms with van der Waals surface area (Å²) in [5.41, 5.74) is 2.56. The number of amides is 1. The summed E-state index contributed by atoms with van der Waals surface area (Å²) in [6.07, 6.45) is -2.26. The van der Waals surface area contributed by atoms with Crippen molar-refractivity contribution in [2.75, 3.05) is 14.2 Å². The molecule has 1 amide bonds. The van der Waals surface area contributed by atoms with Crippen molar-refractivity contribution in [3.8, 4) is 11.5 Å². The lowest BCUT2D eigenvalue weighted by Gasteiger charge is -2.24. The molecule has 3 aromatic rings. The van der Waals surface area contributed by atoms with Gasteiger partial charge in [0.1, 0.15) is 11.5 Å². The van der Waals surface area contributed by atoms with Gasteiger partial charge in [0.2, 0.25) is 5.91 Å². The highest BCUT2D eigenvalue weighted by Crippen LogP contribution is 2.33. The molecular formula is C23H26F3N5O3. The van der Waals surface area contributed by atoms with Crippen LogP contribution in [0.4, 0.5) is 13.2 Å². The van der Waals surface area contributed by atoms with Crippen molar-refractivity contribution in [3.05, 3.63) is 46.5 Å². The molecule has 182 valence electrons. The zero-order chi connectivity index (χ0) is 24.6. The Labute approximate surface area is 194 Å². The highest BCUT2D eigenvalue weighted by atomic mass is 19.4. The molecule has 2 aromatic heterocycles. The van der Waals surface area contributed by atoms with Gasteiger partial charge in [-0.3, -0.25) is 4.79 Å². The largest absolute Gasteiger partial charge is 0.497 e. The van der Waals surface area contributed by atoms with Crippen molar-refractivity contribution < 1.29 is 27.4 Å². The zero-order valence-electron chi connectivity index (χ0n) is 19.4. The Morgan fingerprint density at radius 3 is 2.53 bits per heavy atom. The van der Waals surface area contributed by atoms with Crippen molar-refractivity contribution in [2.24, 2.45) is 0 Å². The number of halogens is 3. The second-order valence-electron chi connectivity index (χ2n) is 8.34. The molecule has 1 fully saturated rings. The van der Waals surface area contributed by atoms with Crippen LogP contribution in [-0.2, 0) is 23.9 Å². The Balaban J connectivity index is 1.54. The minimum Gasteiger partial charge on any atom is -0.497 e. The molecule has 1 aliphatic rings. The minimum atomic E-state index is -4.66. The number of carbonyl (C=O) groups is 1. The Bertz CT molecular complexity index is 1220. The molecule has 1 aliphatic carbocycles. The average Bonchev–Trinajstić information content (AvgIpc) is 3.54. The van der Waals surface area contributed by atoms with Crippen LogP contribution in [0.25, 0.3) is 5.78 Å². The van der Waals surface area contributed by atoms with E-state index in [1.165, 1.54) is 0 Å². The lowest BCUT2D eigenvalue weighted by atomic mass is 10.1. The smallest absolute Gasteiger partial charge is 0.453 e. The van der Waals surface area contributed by atoms with Crippen molar-refractivity contribution >= 4 is 11.7 Å². The number of rotatable bonds is 8. The number of fused-ring (bicyclic) bond motifs is 1. The predicted octanol–water partition coefficient (Wildman–Crippen LogP) is 3.90. The molecule has 8 nitrogen and oxygen atoms in total. The van der Waals surface area contributed by atoms with Crippen LogP contribution in [0, 0.1) is 13.8 Å². The number of aromatic nitrogens is 4. The van der Waals surface area contributed by atoms with Gasteiger partial charge in [-0.2, -0.15) is 18.2 Å². The van der Waals surface area contributed by atoms with Gasteiger partial charge in [-0.25, -0.2) is 9.50 Å². The van der Waals surface area contributed by atoms with Crippen molar-refractivity contribution in [3.63, 3.8) is 0 Å². The first-order chi connectivity index (χ1) is 16.1. The maximum Gasteiger partial charge on any atom is 0.453 e. The Kier molecular flexibility index (Phi) is 6.37. The van der Waals surface area contributed by atoms with E-state index in [1.807, 2.05) is 17.0 Å². The number of nitrogens with zero attached hydrogens (tertiary/aromatic N) is 5. The van der Waals surface area contributed by atoms with Gasteiger partial charge < -0.3 is 14.4 Å². The monoisotopic (exact) mass is 477 g/mol. The van der Waals surface area contributed by atoms with Gasteiger partial charge in [-0.1, -0.05) is 0 Å². The third-order valence-corrected chi connectivity index (χ3v) is 6.03. The maximum atomic E-state index is 13.2. The number of alkyl halides is 3. The zero-order valence-corrected chi connectivity index (χ0v) is 19.4. The first-order valence-corrected chi connectivity index (χ1v) is 10.9. The molecule has 0 aliphatic heterocycles. The minimum absolute atomic E-state index is 0.0409. The molecule has 0 radical (unpaired) electrons. The first-order valence-electron chi connectivity index (χ1n) is 10.9. The summed E-state index contributed by atoms with van der Waals surface area (Å²) in [6.45, 7) is 3.75. The van der Waals surface area contributed by atoms with Gasteiger partial charge >= 0.3 is 6.18 Å². The van der Waals surface area contributed by atoms with E-state index in [-0.39, 0.29) is 24.1 Å². The van der Waals surface area contributed by atoms with E-state index in [9.17, 15) is 18.0 Å². The van der Waals surface area contributed by atoms with Crippen LogP contribution in [0.1, 0.15) is 47.6 Å². The van der Waals surface area contributed by atoms with Crippen molar-refractivity contribution in [1.29, 1.82) is 0 Å². The molecule has 11 heteroatoms. The van der Waals surface area contributed by atoms with E-state index in [0.29, 0.717) is 41.4 Å². The number of benzene rings is 1. The molecule has 2 heterocycles. The van der Waals surface area contributed by atoms with Gasteiger partial charge in [0, 0.05) is 36.0 Å². The number of hydrogen-bond donors (Lipinski definition) is 0. The average molecular weight is 477 g/mol. The maximum absolute atomic E-state index is 13.2. The molecule has 34 heavy (non-hydrogen) atoms. The Morgan fingerprint density at radius 2 is 1.91 bits per heavy atom. The highest BCUT2D eigenvalue weighted by Gasteiger charge is 2.37. The van der Waals surface area contributed by atoms with Gasteiger partial charge in [0.25, 0.3) is 11.6 Å². The van der Waals surface area contributed by atoms with Crippen LogP contribution in [0.3, 0.4) is 0 Å². The molecule has 1 aromatic carbocycles. The van der Waals surface area contributed by atoms with Crippen LogP contribution < -0.4 is 9.47 Å². The number of hydrogen-bond acceptors (Lipinski definition) is 6. The van der Waals surface area contributed by atoms with Gasteiger partial charge in [0.05, 0.1) is 14.2 Å². The third-order valence-electron chi connectivity index (χ3n) is 6.03. The van der Waals surface area contributed by atoms with Crippen LogP contribution in [0.2, 0.25) is 0 Å². The lowest BCUT2D eigenvalue weighted by molar-refractivity contribution is -0.144. The van der Waals surface area contributed by atoms with Crippen molar-refractivity contribution in [1.82, 2.24) is 24.5 Å². The SMILES string of the molecule is COc1ccc(OC)c(CN(C(=O)CCc2c(C)nc3nc(C(F)(F)F)nn3c2C)C2CC2)c1. The van der Waals surface area contributed by atoms with Crippen LogP contribution in [-0.4, -0.2) is 50.7 Å². The summed E-state index contributed by atoms with van der Waals surface area (Å²) in [4.78, 5) is 22.7. The topological polar surface area (TPSA) is 81.9 Å². The molecule has 0 bridgehead atoms. The number of ether oxygens (including phenoxy) is 2. The fourth-order valence-electron chi connectivity index (χ4n) is 4.06.